The highest BCUT2D eigenvalue weighted by Crippen LogP contribution is 2.34. The van der Waals surface area contributed by atoms with Gasteiger partial charge in [-0.05, 0) is 19.8 Å². The summed E-state index contributed by atoms with van der Waals surface area (Å²) in [6, 6.07) is 0. The van der Waals surface area contributed by atoms with Crippen molar-refractivity contribution in [2.75, 3.05) is 13.1 Å². The van der Waals surface area contributed by atoms with Gasteiger partial charge in [0.05, 0.1) is 11.5 Å². The summed E-state index contributed by atoms with van der Waals surface area (Å²) in [5.74, 6) is 0.0257. The maximum Gasteiger partial charge on any atom is 0.227 e. The lowest BCUT2D eigenvalue weighted by Gasteiger charge is -2.30. The van der Waals surface area contributed by atoms with E-state index in [4.69, 9.17) is 10.8 Å². The van der Waals surface area contributed by atoms with Gasteiger partial charge in [0.1, 0.15) is 0 Å². The zero-order valence-electron chi connectivity index (χ0n) is 10.2. The predicted molar refractivity (Wildman–Crippen MR) is 63.9 cm³/mol. The molecule has 1 rings (SSSR count). The van der Waals surface area contributed by atoms with Crippen molar-refractivity contribution in [2.45, 2.75) is 51.6 Å². The number of carbonyl (C=O) groups excluding carboxylic acids is 1. The van der Waals surface area contributed by atoms with E-state index in [1.807, 2.05) is 0 Å². The Morgan fingerprint density at radius 1 is 1.38 bits per heavy atom. The van der Waals surface area contributed by atoms with Crippen LogP contribution in [0.15, 0.2) is 0 Å². The molecule has 16 heavy (non-hydrogen) atoms. The standard InChI is InChI=1S/C12H24N2O2/c1-10(15)8-14-11(16)12(9-13)6-4-2-3-5-7-12/h10,15H,2-9,13H2,1H3,(H,14,16)/t10-/m0/s1. The molecule has 0 aromatic rings. The zero-order valence-corrected chi connectivity index (χ0v) is 10.2. The van der Waals surface area contributed by atoms with Gasteiger partial charge >= 0.3 is 0 Å². The molecule has 4 heteroatoms. The van der Waals surface area contributed by atoms with Crippen LogP contribution in [0.4, 0.5) is 0 Å². The first-order valence-electron chi connectivity index (χ1n) is 6.27. The van der Waals surface area contributed by atoms with Crippen LogP contribution < -0.4 is 11.1 Å². The lowest BCUT2D eigenvalue weighted by molar-refractivity contribution is -0.131. The third kappa shape index (κ3) is 3.46. The van der Waals surface area contributed by atoms with Crippen LogP contribution in [0.3, 0.4) is 0 Å². The van der Waals surface area contributed by atoms with E-state index in [-0.39, 0.29) is 11.3 Å². The van der Waals surface area contributed by atoms with Gasteiger partial charge in [-0.15, -0.1) is 0 Å². The van der Waals surface area contributed by atoms with E-state index < -0.39 is 6.10 Å². The van der Waals surface area contributed by atoms with Crippen molar-refractivity contribution < 1.29 is 9.90 Å². The van der Waals surface area contributed by atoms with E-state index in [1.54, 1.807) is 6.92 Å². The normalized spacial score (nSPS) is 22.2. The first kappa shape index (κ1) is 13.5. The first-order valence-corrected chi connectivity index (χ1v) is 6.27. The van der Waals surface area contributed by atoms with E-state index in [2.05, 4.69) is 5.32 Å². The van der Waals surface area contributed by atoms with Gasteiger partial charge in [0, 0.05) is 13.1 Å². The number of hydrogen-bond donors (Lipinski definition) is 3. The minimum atomic E-state index is -0.496. The van der Waals surface area contributed by atoms with Gasteiger partial charge in [0.15, 0.2) is 0 Å². The van der Waals surface area contributed by atoms with Crippen molar-refractivity contribution in [3.05, 3.63) is 0 Å². The van der Waals surface area contributed by atoms with Gasteiger partial charge in [0.25, 0.3) is 0 Å². The summed E-state index contributed by atoms with van der Waals surface area (Å²) in [5, 5.41) is 12.0. The van der Waals surface area contributed by atoms with E-state index in [1.165, 1.54) is 12.8 Å². The van der Waals surface area contributed by atoms with Crippen LogP contribution in [0.5, 0.6) is 0 Å². The Labute approximate surface area is 97.6 Å². The molecule has 4 N–H and O–H groups in total. The molecule has 0 heterocycles. The highest BCUT2D eigenvalue weighted by Gasteiger charge is 2.36. The van der Waals surface area contributed by atoms with Crippen molar-refractivity contribution in [3.63, 3.8) is 0 Å². The molecule has 0 unspecified atom stereocenters. The van der Waals surface area contributed by atoms with Crippen LogP contribution in [0.2, 0.25) is 0 Å². The van der Waals surface area contributed by atoms with Gasteiger partial charge in [-0.3, -0.25) is 4.79 Å². The van der Waals surface area contributed by atoms with Gasteiger partial charge in [-0.25, -0.2) is 0 Å². The Balaban J connectivity index is 2.58. The Hall–Kier alpha value is -0.610. The Morgan fingerprint density at radius 3 is 2.38 bits per heavy atom. The van der Waals surface area contributed by atoms with Crippen molar-refractivity contribution in [3.8, 4) is 0 Å². The van der Waals surface area contributed by atoms with E-state index in [9.17, 15) is 4.79 Å². The number of aliphatic hydroxyl groups is 1. The summed E-state index contributed by atoms with van der Waals surface area (Å²) >= 11 is 0. The number of aliphatic hydroxyl groups excluding tert-OH is 1. The van der Waals surface area contributed by atoms with Crippen molar-refractivity contribution in [2.24, 2.45) is 11.1 Å². The molecule has 1 amide bonds. The molecule has 0 spiro atoms. The van der Waals surface area contributed by atoms with Gasteiger partial charge in [0.2, 0.25) is 5.91 Å². The zero-order chi connectivity index (χ0) is 12.0. The van der Waals surface area contributed by atoms with Gasteiger partial charge < -0.3 is 16.2 Å². The summed E-state index contributed by atoms with van der Waals surface area (Å²) in [4.78, 5) is 12.1. The first-order chi connectivity index (χ1) is 7.60. The maximum absolute atomic E-state index is 12.1. The molecule has 1 atom stereocenters. The molecule has 0 radical (unpaired) electrons. The van der Waals surface area contributed by atoms with Crippen molar-refractivity contribution >= 4 is 5.91 Å². The Bertz CT molecular complexity index is 221. The molecule has 0 bridgehead atoms. The highest BCUT2D eigenvalue weighted by molar-refractivity contribution is 5.82. The minimum Gasteiger partial charge on any atom is -0.392 e. The SMILES string of the molecule is C[C@H](O)CNC(=O)C1(CN)CCCCCC1. The van der Waals surface area contributed by atoms with E-state index in [0.29, 0.717) is 13.1 Å². The maximum atomic E-state index is 12.1. The summed E-state index contributed by atoms with van der Waals surface area (Å²) < 4.78 is 0. The Morgan fingerprint density at radius 2 is 1.94 bits per heavy atom. The second kappa shape index (κ2) is 6.21. The molecule has 1 saturated carbocycles. The molecule has 0 aromatic heterocycles. The smallest absolute Gasteiger partial charge is 0.227 e. The number of rotatable bonds is 4. The average molecular weight is 228 g/mol. The molecule has 1 aliphatic rings. The number of nitrogens with two attached hydrogens (primary N) is 1. The minimum absolute atomic E-state index is 0.0257. The lowest BCUT2D eigenvalue weighted by atomic mass is 9.79. The molecule has 0 aromatic carbocycles. The summed E-state index contributed by atoms with van der Waals surface area (Å²) in [5.41, 5.74) is 5.41. The van der Waals surface area contributed by atoms with Crippen LogP contribution >= 0.6 is 0 Å². The fourth-order valence-electron chi connectivity index (χ4n) is 2.36. The van der Waals surface area contributed by atoms with Gasteiger partial charge in [-0.2, -0.15) is 0 Å². The lowest BCUT2D eigenvalue weighted by Crippen LogP contribution is -2.47. The number of amides is 1. The number of hydrogen-bond acceptors (Lipinski definition) is 3. The van der Waals surface area contributed by atoms with Crippen molar-refractivity contribution in [1.29, 1.82) is 0 Å². The molecule has 94 valence electrons. The number of carbonyl (C=O) groups is 1. The summed E-state index contributed by atoms with van der Waals surface area (Å²) in [6.45, 7) is 2.40. The highest BCUT2D eigenvalue weighted by atomic mass is 16.3. The Kier molecular flexibility index (Phi) is 5.22. The third-order valence-corrected chi connectivity index (χ3v) is 3.49. The monoisotopic (exact) mass is 228 g/mol. The second-order valence-electron chi connectivity index (χ2n) is 4.96. The summed E-state index contributed by atoms with van der Waals surface area (Å²) in [7, 11) is 0. The van der Waals surface area contributed by atoms with E-state index in [0.717, 1.165) is 25.7 Å². The molecular formula is C12H24N2O2. The number of nitrogens with one attached hydrogen (secondary N) is 1. The largest absolute Gasteiger partial charge is 0.392 e. The fraction of sp³-hybridized carbons (Fsp3) is 0.917. The topological polar surface area (TPSA) is 75.3 Å². The van der Waals surface area contributed by atoms with Crippen LogP contribution in [-0.2, 0) is 4.79 Å². The van der Waals surface area contributed by atoms with Gasteiger partial charge in [-0.1, -0.05) is 25.7 Å². The van der Waals surface area contributed by atoms with Crippen LogP contribution in [-0.4, -0.2) is 30.2 Å². The molecule has 1 aliphatic carbocycles. The van der Waals surface area contributed by atoms with Crippen molar-refractivity contribution in [1.82, 2.24) is 5.32 Å². The van der Waals surface area contributed by atoms with E-state index >= 15 is 0 Å². The molecule has 0 saturated heterocycles. The molecule has 1 fully saturated rings. The van der Waals surface area contributed by atoms with Crippen LogP contribution in [0.25, 0.3) is 0 Å². The predicted octanol–water partition coefficient (Wildman–Crippen LogP) is 0.783. The third-order valence-electron chi connectivity index (χ3n) is 3.49. The second-order valence-corrected chi connectivity index (χ2v) is 4.96. The summed E-state index contributed by atoms with van der Waals surface area (Å²) in [6.07, 6.45) is 5.84. The van der Waals surface area contributed by atoms with Crippen LogP contribution in [0, 0.1) is 5.41 Å². The molecule has 4 nitrogen and oxygen atoms in total. The fourth-order valence-corrected chi connectivity index (χ4v) is 2.36. The van der Waals surface area contributed by atoms with Crippen LogP contribution in [0.1, 0.15) is 45.4 Å². The quantitative estimate of drug-likeness (QED) is 0.622. The average Bonchev–Trinajstić information content (AvgIpc) is 2.51. The molecule has 0 aliphatic heterocycles. The molecular weight excluding hydrogens is 204 g/mol.